The molecule has 226 valence electrons. The van der Waals surface area contributed by atoms with E-state index in [1.165, 1.54) is 4.90 Å². The molecule has 0 aromatic heterocycles. The van der Waals surface area contributed by atoms with Gasteiger partial charge in [0.15, 0.2) is 9.84 Å². The van der Waals surface area contributed by atoms with Crippen LogP contribution in [0.1, 0.15) is 63.1 Å². The Kier molecular flexibility index (Phi) is 15.3. The molecule has 40 heavy (non-hydrogen) atoms. The fraction of sp³-hybridized carbons (Fsp3) is 0.552. The van der Waals surface area contributed by atoms with E-state index in [4.69, 9.17) is 11.5 Å². The molecular weight excluding hydrogens is 560 g/mol. The summed E-state index contributed by atoms with van der Waals surface area (Å²) in [4.78, 5) is 14.8. The van der Waals surface area contributed by atoms with Crippen molar-refractivity contribution in [2.24, 2.45) is 11.5 Å². The average Bonchev–Trinajstić information content (AvgIpc) is 2.86. The molecule has 0 aliphatic heterocycles. The number of carbonyl (C=O) groups excluding carboxylic acids is 1. The first kappa shape index (κ1) is 35.9. The molecule has 2 aromatic rings. The molecule has 2 rings (SSSR count). The number of carbonyl (C=O) groups is 1. The Balaban J connectivity index is 0.00000800. The second-order valence-electron chi connectivity index (χ2n) is 10.2. The molecule has 2 aromatic carbocycles. The summed E-state index contributed by atoms with van der Waals surface area (Å²) in [7, 11) is -3.63. The Bertz CT molecular complexity index is 1160. The molecule has 3 atom stereocenters. The lowest BCUT2D eigenvalue weighted by atomic mass is 10.0. The molecule has 0 unspecified atom stereocenters. The van der Waals surface area contributed by atoms with E-state index in [-0.39, 0.29) is 37.5 Å². The minimum absolute atomic E-state index is 0. The summed E-state index contributed by atoms with van der Waals surface area (Å²) in [6.07, 6.45) is 1.90. The zero-order chi connectivity index (χ0) is 29.2. The van der Waals surface area contributed by atoms with Crippen LogP contribution in [0.25, 0.3) is 0 Å². The molecule has 0 spiro atoms. The quantitative estimate of drug-likeness (QED) is 0.267. The normalized spacial score (nSPS) is 13.9. The largest absolute Gasteiger partial charge is 0.390 e. The number of nitrogens with zero attached hydrogens (tertiary/aromatic N) is 1. The Morgan fingerprint density at radius 1 is 0.950 bits per heavy atom. The Morgan fingerprint density at radius 3 is 2.08 bits per heavy atom. The van der Waals surface area contributed by atoms with Gasteiger partial charge in [0.05, 0.1) is 23.1 Å². The van der Waals surface area contributed by atoms with Gasteiger partial charge in [0.1, 0.15) is 11.6 Å². The molecule has 0 bridgehead atoms. The molecule has 0 saturated heterocycles. The summed E-state index contributed by atoms with van der Waals surface area (Å²) in [5.41, 5.74) is 14.5. The highest BCUT2D eigenvalue weighted by atomic mass is 35.5. The van der Waals surface area contributed by atoms with Crippen molar-refractivity contribution in [3.63, 3.8) is 0 Å². The lowest BCUT2D eigenvalue weighted by Crippen LogP contribution is -2.52. The number of rotatable bonds is 16. The van der Waals surface area contributed by atoms with E-state index in [1.54, 1.807) is 0 Å². The van der Waals surface area contributed by atoms with Crippen LogP contribution >= 0.6 is 12.4 Å². The lowest BCUT2D eigenvalue weighted by molar-refractivity contribution is -0.134. The predicted octanol–water partition coefficient (Wildman–Crippen LogP) is 3.92. The van der Waals surface area contributed by atoms with Crippen molar-refractivity contribution in [2.45, 2.75) is 89.3 Å². The number of aliphatic hydroxyl groups is 1. The lowest BCUT2D eigenvalue weighted by Gasteiger charge is -2.30. The highest BCUT2D eigenvalue weighted by Crippen LogP contribution is 2.18. The fourth-order valence-electron chi connectivity index (χ4n) is 4.74. The molecule has 5 N–H and O–H groups in total. The molecule has 0 saturated carbocycles. The number of benzene rings is 2. The highest BCUT2D eigenvalue weighted by Gasteiger charge is 2.32. The van der Waals surface area contributed by atoms with Gasteiger partial charge in [0.25, 0.3) is 0 Å². The second kappa shape index (κ2) is 17.0. The van der Waals surface area contributed by atoms with Crippen LogP contribution in [0.4, 0.5) is 8.78 Å². The van der Waals surface area contributed by atoms with Crippen molar-refractivity contribution in [3.8, 4) is 0 Å². The van der Waals surface area contributed by atoms with Gasteiger partial charge >= 0.3 is 0 Å². The molecule has 0 aliphatic carbocycles. The van der Waals surface area contributed by atoms with Crippen LogP contribution in [0.5, 0.6) is 0 Å². The van der Waals surface area contributed by atoms with Gasteiger partial charge in [-0.1, -0.05) is 57.9 Å². The zero-order valence-corrected chi connectivity index (χ0v) is 25.2. The third-order valence-electron chi connectivity index (χ3n) is 6.84. The molecule has 11 heteroatoms. The fourth-order valence-corrected chi connectivity index (χ4v) is 6.84. The number of nitrogens with two attached hydrogens (primary N) is 2. The molecular formula is C29H44ClF2N3O4S. The number of hydrogen-bond donors (Lipinski definition) is 3. The maximum Gasteiger partial charge on any atom is 0.240 e. The van der Waals surface area contributed by atoms with E-state index < -0.39 is 56.6 Å². The van der Waals surface area contributed by atoms with Crippen molar-refractivity contribution in [2.75, 3.05) is 12.3 Å². The molecule has 0 radical (unpaired) electrons. The monoisotopic (exact) mass is 603 g/mol. The van der Waals surface area contributed by atoms with Crippen LogP contribution in [0.3, 0.4) is 0 Å². The van der Waals surface area contributed by atoms with Crippen molar-refractivity contribution in [3.05, 3.63) is 70.8 Å². The van der Waals surface area contributed by atoms with Crippen molar-refractivity contribution in [1.29, 1.82) is 0 Å². The first-order chi connectivity index (χ1) is 18.4. The van der Waals surface area contributed by atoms with E-state index in [1.807, 2.05) is 45.0 Å². The van der Waals surface area contributed by atoms with Gasteiger partial charge < -0.3 is 21.5 Å². The first-order valence-electron chi connectivity index (χ1n) is 13.6. The maximum atomic E-state index is 13.6. The van der Waals surface area contributed by atoms with Crippen LogP contribution < -0.4 is 11.5 Å². The van der Waals surface area contributed by atoms with E-state index in [0.29, 0.717) is 25.7 Å². The number of amides is 1. The van der Waals surface area contributed by atoms with Gasteiger partial charge in [-0.05, 0) is 54.5 Å². The third kappa shape index (κ3) is 11.0. The van der Waals surface area contributed by atoms with E-state index >= 15 is 0 Å². The van der Waals surface area contributed by atoms with Crippen LogP contribution in [0, 0.1) is 11.6 Å². The number of halogens is 3. The smallest absolute Gasteiger partial charge is 0.240 e. The van der Waals surface area contributed by atoms with E-state index in [2.05, 4.69) is 0 Å². The van der Waals surface area contributed by atoms with Gasteiger partial charge in [-0.2, -0.15) is 0 Å². The van der Waals surface area contributed by atoms with Crippen LogP contribution in [0.15, 0.2) is 42.5 Å². The Morgan fingerprint density at radius 2 is 1.52 bits per heavy atom. The van der Waals surface area contributed by atoms with Gasteiger partial charge in [0.2, 0.25) is 5.91 Å². The van der Waals surface area contributed by atoms with Gasteiger partial charge in [-0.15, -0.1) is 12.4 Å². The topological polar surface area (TPSA) is 127 Å². The summed E-state index contributed by atoms with van der Waals surface area (Å²) in [6.45, 7) is 5.70. The number of aliphatic hydroxyl groups excluding tert-OH is 1. The van der Waals surface area contributed by atoms with E-state index in [0.717, 1.165) is 35.7 Å². The summed E-state index contributed by atoms with van der Waals surface area (Å²) in [5.74, 6) is -2.62. The maximum absolute atomic E-state index is 13.6. The van der Waals surface area contributed by atoms with Crippen LogP contribution in [-0.2, 0) is 34.0 Å². The average molecular weight is 604 g/mol. The first-order valence-corrected chi connectivity index (χ1v) is 15.3. The number of sulfone groups is 1. The SMILES string of the molecule is CCCC(CCC)S(=O)(=O)C[C@@H](N)C(=O)N(Cc1cccc(CC)c1)C[C@@H](O)[C@@H](N)Cc1cc(F)cc(F)c1.Cl. The second-order valence-corrected chi connectivity index (χ2v) is 12.6. The number of aryl methyl sites for hydroxylation is 1. The summed E-state index contributed by atoms with van der Waals surface area (Å²) in [6, 6.07) is 8.35. The highest BCUT2D eigenvalue weighted by molar-refractivity contribution is 7.92. The van der Waals surface area contributed by atoms with E-state index in [9.17, 15) is 27.1 Å². The van der Waals surface area contributed by atoms with Crippen LogP contribution in [-0.4, -0.2) is 60.1 Å². The summed E-state index contributed by atoms with van der Waals surface area (Å²) >= 11 is 0. The number of hydrogen-bond acceptors (Lipinski definition) is 6. The minimum atomic E-state index is -3.63. The molecule has 1 amide bonds. The predicted molar refractivity (Wildman–Crippen MR) is 158 cm³/mol. The molecule has 0 aliphatic rings. The van der Waals surface area contributed by atoms with Gasteiger partial charge in [0, 0.05) is 25.2 Å². The minimum Gasteiger partial charge on any atom is -0.390 e. The van der Waals surface area contributed by atoms with Gasteiger partial charge in [-0.3, -0.25) is 4.79 Å². The van der Waals surface area contributed by atoms with Crippen LogP contribution in [0.2, 0.25) is 0 Å². The van der Waals surface area contributed by atoms with Crippen molar-refractivity contribution >= 4 is 28.2 Å². The van der Waals surface area contributed by atoms with Gasteiger partial charge in [-0.25, -0.2) is 17.2 Å². The Hall–Kier alpha value is -2.11. The molecule has 0 heterocycles. The Labute approximate surface area is 243 Å². The summed E-state index contributed by atoms with van der Waals surface area (Å²) in [5, 5.41) is 10.3. The zero-order valence-electron chi connectivity index (χ0n) is 23.6. The molecule has 0 fully saturated rings. The summed E-state index contributed by atoms with van der Waals surface area (Å²) < 4.78 is 53.4. The van der Waals surface area contributed by atoms with Crippen molar-refractivity contribution in [1.82, 2.24) is 4.90 Å². The molecule has 7 nitrogen and oxygen atoms in total. The standard InChI is InChI=1S/C29H43F2N3O4S.ClH/c1-4-8-25(9-5-2)39(37,38)19-27(33)29(36)34(17-21-11-7-10-20(6-3)12-21)18-28(35)26(32)15-22-13-23(30)16-24(31)14-22;/h7,10-14,16,25-28,35H,4-6,8-9,15,17-19,32-33H2,1-3H3;1H/t26-,27+,28+;/m0./s1. The third-order valence-corrected chi connectivity index (χ3v) is 9.15. The van der Waals surface area contributed by atoms with Crippen molar-refractivity contribution < 1.29 is 27.1 Å².